The van der Waals surface area contributed by atoms with Crippen LogP contribution in [0.3, 0.4) is 0 Å². The van der Waals surface area contributed by atoms with Crippen molar-refractivity contribution < 1.29 is 9.90 Å². The Morgan fingerprint density at radius 1 is 1.32 bits per heavy atom. The summed E-state index contributed by atoms with van der Waals surface area (Å²) >= 11 is 0. The summed E-state index contributed by atoms with van der Waals surface area (Å²) in [5.41, 5.74) is 5.06. The molecule has 2 heteroatoms. The molecule has 0 fully saturated rings. The maximum atomic E-state index is 12.7. The summed E-state index contributed by atoms with van der Waals surface area (Å²) in [5.74, 6) is 0.192. The van der Waals surface area contributed by atoms with Gasteiger partial charge in [0.25, 0.3) is 0 Å². The molecule has 0 bridgehead atoms. The molecule has 3 aliphatic rings. The zero-order valence-corrected chi connectivity index (χ0v) is 13.2. The maximum absolute atomic E-state index is 12.7. The number of carbonyl (C=O) groups is 1. The van der Waals surface area contributed by atoms with Crippen molar-refractivity contribution in [3.8, 4) is 0 Å². The van der Waals surface area contributed by atoms with E-state index in [0.29, 0.717) is 18.6 Å². The van der Waals surface area contributed by atoms with Crippen LogP contribution in [0.4, 0.5) is 0 Å². The predicted molar refractivity (Wildman–Crippen MR) is 89.4 cm³/mol. The molecule has 0 aromatic rings. The summed E-state index contributed by atoms with van der Waals surface area (Å²) in [4.78, 5) is 12.7. The first-order valence-corrected chi connectivity index (χ1v) is 7.94. The van der Waals surface area contributed by atoms with Gasteiger partial charge in [0.05, 0.1) is 5.92 Å². The summed E-state index contributed by atoms with van der Waals surface area (Å²) in [6, 6.07) is 0. The van der Waals surface area contributed by atoms with Gasteiger partial charge in [-0.15, -0.1) is 0 Å². The lowest BCUT2D eigenvalue weighted by Crippen LogP contribution is -2.26. The molecule has 3 rings (SSSR count). The molecule has 0 heterocycles. The third-order valence-electron chi connectivity index (χ3n) is 4.55. The second-order valence-electron chi connectivity index (χ2n) is 6.41. The molecule has 0 saturated carbocycles. The molecule has 0 amide bonds. The monoisotopic (exact) mass is 294 g/mol. The van der Waals surface area contributed by atoms with E-state index >= 15 is 0 Å². The normalized spacial score (nSPS) is 23.3. The minimum Gasteiger partial charge on any atom is -0.507 e. The highest BCUT2D eigenvalue weighted by Crippen LogP contribution is 2.41. The number of carbonyl (C=O) groups excluding carboxylic acids is 1. The lowest BCUT2D eigenvalue weighted by Gasteiger charge is -2.29. The topological polar surface area (TPSA) is 37.3 Å². The second-order valence-corrected chi connectivity index (χ2v) is 6.41. The van der Waals surface area contributed by atoms with Crippen molar-refractivity contribution in [3.05, 3.63) is 70.1 Å². The molecule has 0 radical (unpaired) electrons. The van der Waals surface area contributed by atoms with Crippen molar-refractivity contribution in [1.29, 1.82) is 0 Å². The van der Waals surface area contributed by atoms with Crippen LogP contribution in [0.25, 0.3) is 0 Å². The van der Waals surface area contributed by atoms with Crippen LogP contribution in [-0.4, -0.2) is 10.9 Å². The number of hydrogen-bond acceptors (Lipinski definition) is 2. The Balaban J connectivity index is 1.82. The zero-order valence-electron chi connectivity index (χ0n) is 13.2. The van der Waals surface area contributed by atoms with Gasteiger partial charge in [-0.1, -0.05) is 47.6 Å². The van der Waals surface area contributed by atoms with E-state index in [0.717, 1.165) is 29.6 Å². The van der Waals surface area contributed by atoms with Gasteiger partial charge in [-0.2, -0.15) is 0 Å². The molecule has 0 spiro atoms. The highest BCUT2D eigenvalue weighted by atomic mass is 16.3. The van der Waals surface area contributed by atoms with Gasteiger partial charge in [-0.25, -0.2) is 0 Å². The van der Waals surface area contributed by atoms with Crippen molar-refractivity contribution in [2.24, 2.45) is 5.92 Å². The van der Waals surface area contributed by atoms with E-state index in [1.807, 2.05) is 24.3 Å². The number of hydrogen-bond donors (Lipinski definition) is 1. The number of aliphatic hydroxyl groups is 1. The Morgan fingerprint density at radius 2 is 2.14 bits per heavy atom. The van der Waals surface area contributed by atoms with Crippen LogP contribution in [0.15, 0.2) is 70.1 Å². The SMILES string of the molecule is CC(C)=CCCC1=CCC2=C(C1)C(=O)C1C=CC=CC1=C2O. The number of fused-ring (bicyclic) bond motifs is 1. The van der Waals surface area contributed by atoms with Gasteiger partial charge in [0, 0.05) is 16.7 Å². The number of rotatable bonds is 3. The lowest BCUT2D eigenvalue weighted by molar-refractivity contribution is -0.117. The molecule has 3 aliphatic carbocycles. The van der Waals surface area contributed by atoms with Crippen molar-refractivity contribution >= 4 is 5.78 Å². The van der Waals surface area contributed by atoms with Crippen molar-refractivity contribution in [3.63, 3.8) is 0 Å². The number of Topliss-reactive ketones (excluding diaryl/α,β-unsaturated/α-hetero) is 1. The molecule has 1 N–H and O–H groups in total. The largest absolute Gasteiger partial charge is 0.507 e. The van der Waals surface area contributed by atoms with E-state index in [-0.39, 0.29) is 11.7 Å². The summed E-state index contributed by atoms with van der Waals surface area (Å²) in [7, 11) is 0. The Morgan fingerprint density at radius 3 is 2.91 bits per heavy atom. The molecular formula is C20H22O2. The third-order valence-corrected chi connectivity index (χ3v) is 4.55. The van der Waals surface area contributed by atoms with Gasteiger partial charge >= 0.3 is 0 Å². The molecule has 0 aromatic heterocycles. The standard InChI is InChI=1S/C20H22O2/c1-13(2)6-5-7-14-10-11-17-18(12-14)20(22)16-9-4-3-8-15(16)19(17)21/h3-4,6,8-10,16,21H,5,7,11-12H2,1-2H3. The molecule has 114 valence electrons. The van der Waals surface area contributed by atoms with Gasteiger partial charge in [-0.3, -0.25) is 4.79 Å². The van der Waals surface area contributed by atoms with Crippen LogP contribution in [-0.2, 0) is 4.79 Å². The fraction of sp³-hybridized carbons (Fsp3) is 0.350. The second kappa shape index (κ2) is 5.96. The molecule has 1 atom stereocenters. The van der Waals surface area contributed by atoms with Crippen LogP contribution in [0.2, 0.25) is 0 Å². The third kappa shape index (κ3) is 2.66. The minimum atomic E-state index is -0.291. The first-order valence-electron chi connectivity index (χ1n) is 7.94. The lowest BCUT2D eigenvalue weighted by atomic mass is 9.74. The highest BCUT2D eigenvalue weighted by molar-refractivity contribution is 6.04. The Kier molecular flexibility index (Phi) is 4.02. The molecule has 0 aliphatic heterocycles. The molecular weight excluding hydrogens is 272 g/mol. The average Bonchev–Trinajstić information content (AvgIpc) is 2.52. The van der Waals surface area contributed by atoms with Crippen LogP contribution < -0.4 is 0 Å². The highest BCUT2D eigenvalue weighted by Gasteiger charge is 2.35. The summed E-state index contributed by atoms with van der Waals surface area (Å²) < 4.78 is 0. The summed E-state index contributed by atoms with van der Waals surface area (Å²) in [5, 5.41) is 10.5. The van der Waals surface area contributed by atoms with Gasteiger partial charge in [0.2, 0.25) is 0 Å². The Bertz CT molecular complexity index is 689. The quantitative estimate of drug-likeness (QED) is 0.753. The van der Waals surface area contributed by atoms with E-state index in [2.05, 4.69) is 26.0 Å². The van der Waals surface area contributed by atoms with Crippen LogP contribution >= 0.6 is 0 Å². The van der Waals surface area contributed by atoms with Gasteiger partial charge in [0.15, 0.2) is 5.78 Å². The minimum absolute atomic E-state index is 0.163. The van der Waals surface area contributed by atoms with E-state index in [1.165, 1.54) is 11.1 Å². The van der Waals surface area contributed by atoms with Gasteiger partial charge in [0.1, 0.15) is 5.76 Å². The maximum Gasteiger partial charge on any atom is 0.170 e. The Labute approximate surface area is 131 Å². The first kappa shape index (κ1) is 14.8. The van der Waals surface area contributed by atoms with E-state index < -0.39 is 0 Å². The Hall–Kier alpha value is -2.09. The zero-order chi connectivity index (χ0) is 15.7. The molecule has 2 nitrogen and oxygen atoms in total. The molecule has 1 unspecified atom stereocenters. The van der Waals surface area contributed by atoms with E-state index in [1.54, 1.807) is 0 Å². The summed E-state index contributed by atoms with van der Waals surface area (Å²) in [6.45, 7) is 4.21. The predicted octanol–water partition coefficient (Wildman–Crippen LogP) is 4.89. The van der Waals surface area contributed by atoms with Crippen LogP contribution in [0, 0.1) is 5.92 Å². The number of allylic oxidation sites excluding steroid dienone is 11. The molecule has 0 aromatic carbocycles. The molecule has 0 saturated heterocycles. The summed E-state index contributed by atoms with van der Waals surface area (Å²) in [6.07, 6.45) is 15.3. The number of ketones is 1. The first-order chi connectivity index (χ1) is 10.6. The van der Waals surface area contributed by atoms with Crippen molar-refractivity contribution in [2.45, 2.75) is 39.5 Å². The van der Waals surface area contributed by atoms with Gasteiger partial charge in [-0.05, 0) is 39.5 Å². The van der Waals surface area contributed by atoms with Gasteiger partial charge < -0.3 is 5.11 Å². The fourth-order valence-electron chi connectivity index (χ4n) is 3.35. The van der Waals surface area contributed by atoms with Crippen LogP contribution in [0.5, 0.6) is 0 Å². The van der Waals surface area contributed by atoms with Crippen LogP contribution in [0.1, 0.15) is 39.5 Å². The number of aliphatic hydroxyl groups excluding tert-OH is 1. The fourth-order valence-corrected chi connectivity index (χ4v) is 3.35. The average molecular weight is 294 g/mol. The molecule has 22 heavy (non-hydrogen) atoms. The van der Waals surface area contributed by atoms with E-state index in [4.69, 9.17) is 0 Å². The smallest absolute Gasteiger partial charge is 0.170 e. The van der Waals surface area contributed by atoms with Crippen molar-refractivity contribution in [2.75, 3.05) is 0 Å². The van der Waals surface area contributed by atoms with E-state index in [9.17, 15) is 9.90 Å². The van der Waals surface area contributed by atoms with Crippen molar-refractivity contribution in [1.82, 2.24) is 0 Å².